The van der Waals surface area contributed by atoms with Gasteiger partial charge in [-0.25, -0.2) is 0 Å². The van der Waals surface area contributed by atoms with Crippen LogP contribution in [-0.2, 0) is 11.8 Å². The molecule has 0 spiro atoms. The Balaban J connectivity index is 1.58. The topological polar surface area (TPSA) is 71.4 Å². The van der Waals surface area contributed by atoms with Gasteiger partial charge in [-0.1, -0.05) is 18.2 Å². The van der Waals surface area contributed by atoms with Crippen LogP contribution in [0.1, 0.15) is 41.1 Å². The number of carbonyl (C=O) groups is 1. The number of hydrogen-bond acceptors (Lipinski definition) is 4. The molecule has 4 rings (SSSR count). The molecule has 1 aliphatic heterocycles. The Morgan fingerprint density at radius 1 is 1.21 bits per heavy atom. The molecule has 3 aromatic rings. The van der Waals surface area contributed by atoms with Crippen LogP contribution in [0.25, 0.3) is 0 Å². The maximum absolute atomic E-state index is 12.8. The first-order valence-electron chi connectivity index (χ1n) is 10.9. The number of aryl methyl sites for hydroxylation is 1. The molecule has 1 aromatic carbocycles. The number of benzene rings is 1. The number of ether oxygens (including phenoxy) is 1. The molecule has 2 N–H and O–H groups in total. The third-order valence-electron chi connectivity index (χ3n) is 6.29. The normalized spacial score (nSPS) is 17.7. The number of thiocarbonyl (C=S) groups is 1. The molecule has 33 heavy (non-hydrogen) atoms. The fourth-order valence-corrected chi connectivity index (χ4v) is 4.68. The molecule has 1 fully saturated rings. The number of hydrogen-bond donors (Lipinski definition) is 2. The van der Waals surface area contributed by atoms with Crippen LogP contribution in [0.3, 0.4) is 0 Å². The fraction of sp³-hybridized carbons (Fsp3) is 0.320. The van der Waals surface area contributed by atoms with Gasteiger partial charge in [0.05, 0.1) is 30.6 Å². The van der Waals surface area contributed by atoms with Crippen molar-refractivity contribution < 1.29 is 9.53 Å². The standard InChI is InChI=1S/C25H29N5O2S/c1-16-15-18(17(2)29(16)3)24-23(20-10-7-8-13-26-20)28-25(33)30(24)14-12-22(31)27-19-9-5-6-11-21(19)32-4/h5-11,13,15,23-24H,12,14H2,1-4H3,(H,27,31)(H,28,33). The lowest BCUT2D eigenvalue weighted by Crippen LogP contribution is -2.33. The van der Waals surface area contributed by atoms with Gasteiger partial charge in [-0.3, -0.25) is 9.78 Å². The van der Waals surface area contributed by atoms with E-state index in [1.54, 1.807) is 13.3 Å². The highest BCUT2D eigenvalue weighted by molar-refractivity contribution is 7.80. The first kappa shape index (κ1) is 22.8. The van der Waals surface area contributed by atoms with Gasteiger partial charge in [-0.2, -0.15) is 0 Å². The van der Waals surface area contributed by atoms with Crippen LogP contribution in [0, 0.1) is 13.8 Å². The largest absolute Gasteiger partial charge is 0.495 e. The van der Waals surface area contributed by atoms with E-state index in [1.165, 1.54) is 17.0 Å². The van der Waals surface area contributed by atoms with E-state index in [2.05, 4.69) is 52.0 Å². The van der Waals surface area contributed by atoms with Crippen LogP contribution in [0.2, 0.25) is 0 Å². The zero-order chi connectivity index (χ0) is 23.5. The van der Waals surface area contributed by atoms with Crippen molar-refractivity contribution >= 4 is 28.9 Å². The van der Waals surface area contributed by atoms with Gasteiger partial charge in [0.2, 0.25) is 5.91 Å². The third-order valence-corrected chi connectivity index (χ3v) is 6.64. The number of aromatic nitrogens is 2. The Hall–Kier alpha value is -3.39. The second-order valence-corrected chi connectivity index (χ2v) is 8.59. The first-order valence-corrected chi connectivity index (χ1v) is 11.3. The number of anilines is 1. The third kappa shape index (κ3) is 4.57. The predicted octanol–water partition coefficient (Wildman–Crippen LogP) is 4.05. The van der Waals surface area contributed by atoms with E-state index >= 15 is 0 Å². The number of amides is 1. The van der Waals surface area contributed by atoms with Crippen molar-refractivity contribution in [2.75, 3.05) is 19.0 Å². The highest BCUT2D eigenvalue weighted by atomic mass is 32.1. The van der Waals surface area contributed by atoms with Crippen LogP contribution in [0.15, 0.2) is 54.7 Å². The Kier molecular flexibility index (Phi) is 6.65. The molecule has 8 heteroatoms. The van der Waals surface area contributed by atoms with Crippen molar-refractivity contribution in [3.8, 4) is 5.75 Å². The summed E-state index contributed by atoms with van der Waals surface area (Å²) in [6.07, 6.45) is 2.08. The summed E-state index contributed by atoms with van der Waals surface area (Å²) in [5.74, 6) is 0.538. The molecule has 1 saturated heterocycles. The van der Waals surface area contributed by atoms with E-state index in [9.17, 15) is 4.79 Å². The molecule has 0 saturated carbocycles. The van der Waals surface area contributed by atoms with Crippen LogP contribution in [0.4, 0.5) is 5.69 Å². The van der Waals surface area contributed by atoms with Gasteiger partial charge in [0.1, 0.15) is 5.75 Å². The average Bonchev–Trinajstić information content (AvgIpc) is 3.29. The first-order chi connectivity index (χ1) is 15.9. The lowest BCUT2D eigenvalue weighted by atomic mass is 9.96. The minimum atomic E-state index is -0.100. The average molecular weight is 464 g/mol. The number of rotatable bonds is 7. The van der Waals surface area contributed by atoms with Crippen molar-refractivity contribution in [3.05, 3.63) is 77.4 Å². The molecule has 3 heterocycles. The lowest BCUT2D eigenvalue weighted by molar-refractivity contribution is -0.116. The molecule has 2 aromatic heterocycles. The van der Waals surface area contributed by atoms with Gasteiger partial charge in [0, 0.05) is 37.6 Å². The maximum Gasteiger partial charge on any atom is 0.226 e. The van der Waals surface area contributed by atoms with Crippen LogP contribution in [0.5, 0.6) is 5.75 Å². The SMILES string of the molecule is COc1ccccc1NC(=O)CCN1C(=S)NC(c2ccccn2)C1c1cc(C)n(C)c1C. The summed E-state index contributed by atoms with van der Waals surface area (Å²) in [6, 6.07) is 15.3. The van der Waals surface area contributed by atoms with E-state index < -0.39 is 0 Å². The zero-order valence-corrected chi connectivity index (χ0v) is 20.1. The lowest BCUT2D eigenvalue weighted by Gasteiger charge is -2.28. The Morgan fingerprint density at radius 3 is 2.64 bits per heavy atom. The van der Waals surface area contributed by atoms with Crippen LogP contribution < -0.4 is 15.4 Å². The Morgan fingerprint density at radius 2 is 1.97 bits per heavy atom. The molecule has 0 radical (unpaired) electrons. The van der Waals surface area contributed by atoms with Gasteiger partial charge in [0.15, 0.2) is 5.11 Å². The van der Waals surface area contributed by atoms with Crippen molar-refractivity contribution in [3.63, 3.8) is 0 Å². The monoisotopic (exact) mass is 463 g/mol. The molecular weight excluding hydrogens is 434 g/mol. The summed E-state index contributed by atoms with van der Waals surface area (Å²) < 4.78 is 7.52. The van der Waals surface area contributed by atoms with Crippen molar-refractivity contribution in [2.45, 2.75) is 32.4 Å². The number of nitrogens with zero attached hydrogens (tertiary/aromatic N) is 3. The molecule has 2 atom stereocenters. The molecular formula is C25H29N5O2S. The summed E-state index contributed by atoms with van der Waals surface area (Å²) in [5.41, 5.74) is 5.11. The Labute approximate surface area is 199 Å². The van der Waals surface area contributed by atoms with Gasteiger partial charge in [0.25, 0.3) is 0 Å². The van der Waals surface area contributed by atoms with E-state index in [4.69, 9.17) is 17.0 Å². The van der Waals surface area contributed by atoms with Crippen LogP contribution >= 0.6 is 12.2 Å². The molecule has 0 aliphatic carbocycles. The fourth-order valence-electron chi connectivity index (χ4n) is 4.35. The predicted molar refractivity (Wildman–Crippen MR) is 133 cm³/mol. The van der Waals surface area contributed by atoms with Crippen molar-refractivity contribution in [2.24, 2.45) is 7.05 Å². The highest BCUT2D eigenvalue weighted by Gasteiger charge is 2.41. The maximum atomic E-state index is 12.8. The van der Waals surface area contributed by atoms with E-state index in [1.807, 2.05) is 42.5 Å². The van der Waals surface area contributed by atoms with Gasteiger partial charge in [-0.05, 0) is 62.0 Å². The molecule has 172 valence electrons. The second kappa shape index (κ2) is 9.62. The number of methoxy groups -OCH3 is 1. The Bertz CT molecular complexity index is 1160. The molecule has 0 bridgehead atoms. The van der Waals surface area contributed by atoms with Gasteiger partial charge >= 0.3 is 0 Å². The number of carbonyl (C=O) groups excluding carboxylic acids is 1. The highest BCUT2D eigenvalue weighted by Crippen LogP contribution is 2.40. The summed E-state index contributed by atoms with van der Waals surface area (Å²) in [7, 11) is 3.65. The number of para-hydroxylation sites is 2. The van der Waals surface area contributed by atoms with Crippen molar-refractivity contribution in [1.82, 2.24) is 19.8 Å². The van der Waals surface area contributed by atoms with E-state index in [0.29, 0.717) is 23.1 Å². The van der Waals surface area contributed by atoms with Crippen molar-refractivity contribution in [1.29, 1.82) is 0 Å². The molecule has 1 aliphatic rings. The minimum absolute atomic E-state index is 0.0636. The second-order valence-electron chi connectivity index (χ2n) is 8.20. The van der Waals surface area contributed by atoms with Gasteiger partial charge in [-0.15, -0.1) is 0 Å². The summed E-state index contributed by atoms with van der Waals surface area (Å²) in [4.78, 5) is 19.5. The van der Waals surface area contributed by atoms with Crippen LogP contribution in [-0.4, -0.2) is 39.1 Å². The zero-order valence-electron chi connectivity index (χ0n) is 19.3. The van der Waals surface area contributed by atoms with E-state index in [0.717, 1.165) is 5.69 Å². The quantitative estimate of drug-likeness (QED) is 0.515. The summed E-state index contributed by atoms with van der Waals surface area (Å²) in [6.45, 7) is 4.69. The van der Waals surface area contributed by atoms with E-state index in [-0.39, 0.29) is 24.4 Å². The van der Waals surface area contributed by atoms with Gasteiger partial charge < -0.3 is 24.8 Å². The minimum Gasteiger partial charge on any atom is -0.495 e. The number of pyridine rings is 1. The summed E-state index contributed by atoms with van der Waals surface area (Å²) >= 11 is 5.73. The summed E-state index contributed by atoms with van der Waals surface area (Å²) in [5, 5.41) is 7.03. The smallest absolute Gasteiger partial charge is 0.226 e. The molecule has 2 unspecified atom stereocenters. The number of nitrogens with one attached hydrogen (secondary N) is 2. The molecule has 1 amide bonds. The molecule has 7 nitrogen and oxygen atoms in total.